The molecule has 2 aliphatic carbocycles. The highest BCUT2D eigenvalue weighted by atomic mass is 16.1. The average Bonchev–Trinajstić information content (AvgIpc) is 2.42. The highest BCUT2D eigenvalue weighted by Crippen LogP contribution is 2.36. The lowest BCUT2D eigenvalue weighted by molar-refractivity contribution is 0.103. The van der Waals surface area contributed by atoms with Gasteiger partial charge in [-0.25, -0.2) is 0 Å². The minimum Gasteiger partial charge on any atom is -0.289 e. The minimum absolute atomic E-state index is 0.244. The number of benzene rings is 2. The lowest BCUT2D eigenvalue weighted by atomic mass is 9.79. The van der Waals surface area contributed by atoms with E-state index in [-0.39, 0.29) is 5.78 Å². The number of rotatable bonds is 3. The number of carbonyl (C=O) groups is 1. The van der Waals surface area contributed by atoms with Gasteiger partial charge in [0.2, 0.25) is 0 Å². The van der Waals surface area contributed by atoms with Gasteiger partial charge in [0.05, 0.1) is 0 Å². The summed E-state index contributed by atoms with van der Waals surface area (Å²) in [7, 11) is 0. The number of allylic oxidation sites excluding steroid dienone is 1. The maximum atomic E-state index is 12.7. The molecule has 2 aromatic rings. The minimum atomic E-state index is 0.244. The molecule has 0 N–H and O–H groups in total. The summed E-state index contributed by atoms with van der Waals surface area (Å²) < 4.78 is 0. The van der Waals surface area contributed by atoms with E-state index in [0.29, 0.717) is 0 Å². The molecule has 0 unspecified atom stereocenters. The van der Waals surface area contributed by atoms with Gasteiger partial charge in [-0.3, -0.25) is 4.79 Å². The van der Waals surface area contributed by atoms with E-state index in [1.807, 2.05) is 12.1 Å². The monoisotopic (exact) mass is 262 g/mol. The van der Waals surface area contributed by atoms with Crippen molar-refractivity contribution >= 4 is 22.6 Å². The highest BCUT2D eigenvalue weighted by molar-refractivity contribution is 6.22. The Labute approximate surface area is 119 Å². The van der Waals surface area contributed by atoms with E-state index in [1.54, 1.807) is 0 Å². The smallest absolute Gasteiger partial charge is 0.189 e. The molecule has 20 heavy (non-hydrogen) atoms. The second-order valence-corrected chi connectivity index (χ2v) is 6.09. The maximum absolute atomic E-state index is 12.7. The molecule has 0 aromatic heterocycles. The first kappa shape index (κ1) is 11.9. The summed E-state index contributed by atoms with van der Waals surface area (Å²) in [5, 5.41) is 2.30. The molecular formula is C19H18O. The predicted molar refractivity (Wildman–Crippen MR) is 82.8 cm³/mol. The third-order valence-electron chi connectivity index (χ3n) is 4.85. The Kier molecular flexibility index (Phi) is 2.73. The van der Waals surface area contributed by atoms with E-state index in [2.05, 4.69) is 30.3 Å². The van der Waals surface area contributed by atoms with Crippen molar-refractivity contribution in [3.05, 3.63) is 53.1 Å². The molecule has 1 heteroatoms. The molecule has 0 radical (unpaired) electrons. The number of hydrogen-bond acceptors (Lipinski definition) is 1. The van der Waals surface area contributed by atoms with Crippen molar-refractivity contribution in [3.63, 3.8) is 0 Å². The second kappa shape index (κ2) is 4.59. The van der Waals surface area contributed by atoms with Crippen molar-refractivity contribution in [2.45, 2.75) is 32.1 Å². The summed E-state index contributed by atoms with van der Waals surface area (Å²) >= 11 is 0. The molecule has 1 fully saturated rings. The Hall–Kier alpha value is -1.89. The van der Waals surface area contributed by atoms with Crippen molar-refractivity contribution < 1.29 is 4.79 Å². The number of carbonyl (C=O) groups excluding carboxylic acids is 1. The fourth-order valence-electron chi connectivity index (χ4n) is 3.43. The van der Waals surface area contributed by atoms with E-state index < -0.39 is 0 Å². The lowest BCUT2D eigenvalue weighted by Crippen LogP contribution is -2.14. The average molecular weight is 262 g/mol. The molecule has 2 aliphatic rings. The molecule has 100 valence electrons. The van der Waals surface area contributed by atoms with E-state index in [4.69, 9.17) is 0 Å². The van der Waals surface area contributed by atoms with Crippen molar-refractivity contribution in [2.24, 2.45) is 5.92 Å². The molecule has 1 nitrogen and oxygen atoms in total. The Bertz CT molecular complexity index is 714. The molecule has 0 amide bonds. The van der Waals surface area contributed by atoms with Crippen LogP contribution in [-0.4, -0.2) is 5.78 Å². The van der Waals surface area contributed by atoms with Crippen LogP contribution < -0.4 is 0 Å². The van der Waals surface area contributed by atoms with Gasteiger partial charge < -0.3 is 0 Å². The van der Waals surface area contributed by atoms with Crippen LogP contribution >= 0.6 is 0 Å². The van der Waals surface area contributed by atoms with E-state index in [9.17, 15) is 4.79 Å². The molecule has 4 rings (SSSR count). The standard InChI is InChI=1S/C19H18O/c20-19-16(11-10-13-4-1-5-13)12-15-8-2-6-14-7-3-9-17(19)18(14)15/h2-3,6-9,12-13H,1,4-5,10-11H2. The number of Topliss-reactive ketones (excluding diaryl/α,β-unsaturated/α-hetero) is 1. The van der Waals surface area contributed by atoms with E-state index >= 15 is 0 Å². The van der Waals surface area contributed by atoms with Gasteiger partial charge >= 0.3 is 0 Å². The molecule has 0 saturated heterocycles. The molecule has 0 atom stereocenters. The van der Waals surface area contributed by atoms with Gasteiger partial charge in [0.15, 0.2) is 5.78 Å². The topological polar surface area (TPSA) is 17.1 Å². The first-order valence-electron chi connectivity index (χ1n) is 7.60. The molecule has 0 heterocycles. The van der Waals surface area contributed by atoms with Crippen molar-refractivity contribution in [1.29, 1.82) is 0 Å². The summed E-state index contributed by atoms with van der Waals surface area (Å²) in [5.74, 6) is 1.10. The van der Waals surface area contributed by atoms with E-state index in [0.717, 1.165) is 28.9 Å². The summed E-state index contributed by atoms with van der Waals surface area (Å²) in [6.07, 6.45) is 8.32. The zero-order valence-corrected chi connectivity index (χ0v) is 11.6. The SMILES string of the molecule is O=C1C(CCC2CCC2)=Cc2cccc3cccc1c23. The molecule has 0 aliphatic heterocycles. The Balaban J connectivity index is 1.73. The Morgan fingerprint density at radius 3 is 2.60 bits per heavy atom. The van der Waals surface area contributed by atoms with Crippen LogP contribution in [0.5, 0.6) is 0 Å². The van der Waals surface area contributed by atoms with Crippen molar-refractivity contribution in [2.75, 3.05) is 0 Å². The molecule has 2 aromatic carbocycles. The summed E-state index contributed by atoms with van der Waals surface area (Å²) in [6.45, 7) is 0. The van der Waals surface area contributed by atoms with Crippen molar-refractivity contribution in [3.8, 4) is 0 Å². The van der Waals surface area contributed by atoms with Gasteiger partial charge in [-0.2, -0.15) is 0 Å². The van der Waals surface area contributed by atoms with Crippen LogP contribution in [0.2, 0.25) is 0 Å². The van der Waals surface area contributed by atoms with Crippen LogP contribution in [0.15, 0.2) is 42.0 Å². The fourth-order valence-corrected chi connectivity index (χ4v) is 3.43. The maximum Gasteiger partial charge on any atom is 0.189 e. The first-order valence-corrected chi connectivity index (χ1v) is 7.60. The molecule has 1 saturated carbocycles. The van der Waals surface area contributed by atoms with E-state index in [1.165, 1.54) is 36.6 Å². The Morgan fingerprint density at radius 1 is 1.05 bits per heavy atom. The van der Waals surface area contributed by atoms with Crippen LogP contribution in [0.1, 0.15) is 48.0 Å². The largest absolute Gasteiger partial charge is 0.289 e. The van der Waals surface area contributed by atoms with Gasteiger partial charge in [-0.1, -0.05) is 55.7 Å². The Morgan fingerprint density at radius 2 is 1.85 bits per heavy atom. The van der Waals surface area contributed by atoms with Gasteiger partial charge in [-0.15, -0.1) is 0 Å². The normalized spacial score (nSPS) is 18.0. The van der Waals surface area contributed by atoms with Crippen LogP contribution in [0.25, 0.3) is 16.8 Å². The predicted octanol–water partition coefficient (Wildman–Crippen LogP) is 5.00. The zero-order chi connectivity index (χ0) is 13.5. The fraction of sp³-hybridized carbons (Fsp3) is 0.316. The van der Waals surface area contributed by atoms with Crippen LogP contribution in [0.4, 0.5) is 0 Å². The second-order valence-electron chi connectivity index (χ2n) is 6.09. The third kappa shape index (κ3) is 1.81. The highest BCUT2D eigenvalue weighted by Gasteiger charge is 2.23. The van der Waals surface area contributed by atoms with Gasteiger partial charge in [0.1, 0.15) is 0 Å². The lowest BCUT2D eigenvalue weighted by Gasteiger charge is -2.26. The van der Waals surface area contributed by atoms with Crippen molar-refractivity contribution in [1.82, 2.24) is 0 Å². The summed E-state index contributed by atoms with van der Waals surface area (Å²) in [5.41, 5.74) is 3.11. The summed E-state index contributed by atoms with van der Waals surface area (Å²) in [4.78, 5) is 12.7. The number of hydrogen-bond donors (Lipinski definition) is 0. The van der Waals surface area contributed by atoms with Gasteiger partial charge in [0.25, 0.3) is 0 Å². The molecule has 0 spiro atoms. The van der Waals surface area contributed by atoms with Crippen LogP contribution in [0, 0.1) is 5.92 Å². The first-order chi connectivity index (χ1) is 9.83. The van der Waals surface area contributed by atoms with Gasteiger partial charge in [0, 0.05) is 16.5 Å². The number of ketones is 1. The van der Waals surface area contributed by atoms with Crippen LogP contribution in [-0.2, 0) is 0 Å². The van der Waals surface area contributed by atoms with Gasteiger partial charge in [-0.05, 0) is 35.8 Å². The zero-order valence-electron chi connectivity index (χ0n) is 11.6. The molecular weight excluding hydrogens is 244 g/mol. The quantitative estimate of drug-likeness (QED) is 0.760. The molecule has 0 bridgehead atoms. The van der Waals surface area contributed by atoms with Crippen LogP contribution in [0.3, 0.4) is 0 Å². The third-order valence-corrected chi connectivity index (χ3v) is 4.85. The summed E-state index contributed by atoms with van der Waals surface area (Å²) in [6, 6.07) is 12.4.